The molecule has 32 heavy (non-hydrogen) atoms. The predicted molar refractivity (Wildman–Crippen MR) is 124 cm³/mol. The number of rotatable bonds is 4. The molecular weight excluding hydrogens is 402 g/mol. The minimum atomic E-state index is -0.731. The third-order valence-electron chi connectivity index (χ3n) is 6.27. The second-order valence-electron chi connectivity index (χ2n) is 8.82. The molecule has 0 saturated carbocycles. The van der Waals surface area contributed by atoms with Gasteiger partial charge in [0.2, 0.25) is 5.95 Å². The summed E-state index contributed by atoms with van der Waals surface area (Å²) in [5.41, 5.74) is 1.54. The van der Waals surface area contributed by atoms with Crippen LogP contribution in [0.25, 0.3) is 22.2 Å². The zero-order valence-corrected chi connectivity index (χ0v) is 18.1. The predicted octanol–water partition coefficient (Wildman–Crippen LogP) is 3.58. The van der Waals surface area contributed by atoms with Gasteiger partial charge in [-0.25, -0.2) is 15.0 Å². The van der Waals surface area contributed by atoms with Crippen LogP contribution in [-0.2, 0) is 6.54 Å². The molecule has 5 rings (SSSR count). The topological polar surface area (TPSA) is 84.1 Å². The van der Waals surface area contributed by atoms with Gasteiger partial charge < -0.3 is 10.0 Å². The number of benzene rings is 2. The van der Waals surface area contributed by atoms with Gasteiger partial charge in [0, 0.05) is 24.3 Å². The van der Waals surface area contributed by atoms with E-state index in [0.717, 1.165) is 22.8 Å². The van der Waals surface area contributed by atoms with Gasteiger partial charge >= 0.3 is 0 Å². The van der Waals surface area contributed by atoms with E-state index in [1.807, 2.05) is 41.3 Å². The fourth-order valence-corrected chi connectivity index (χ4v) is 4.30. The summed E-state index contributed by atoms with van der Waals surface area (Å²) >= 11 is 0. The van der Waals surface area contributed by atoms with E-state index in [0.29, 0.717) is 30.4 Å². The van der Waals surface area contributed by atoms with E-state index in [2.05, 4.69) is 29.9 Å². The van der Waals surface area contributed by atoms with E-state index in [4.69, 9.17) is 4.98 Å². The van der Waals surface area contributed by atoms with E-state index < -0.39 is 6.10 Å². The minimum Gasteiger partial charge on any atom is -0.387 e. The van der Waals surface area contributed by atoms with Gasteiger partial charge in [0.25, 0.3) is 5.56 Å². The van der Waals surface area contributed by atoms with Crippen molar-refractivity contribution in [2.45, 2.75) is 38.5 Å². The molecule has 7 heteroatoms. The number of hydrogen-bond acceptors (Lipinski definition) is 6. The largest absolute Gasteiger partial charge is 0.387 e. The number of hydrogen-bond donors (Lipinski definition) is 1. The molecule has 0 fully saturated rings. The van der Waals surface area contributed by atoms with Crippen molar-refractivity contribution in [2.75, 3.05) is 11.4 Å². The summed E-state index contributed by atoms with van der Waals surface area (Å²) in [5.74, 6) is 0.558. The molecule has 0 bridgehead atoms. The highest BCUT2D eigenvalue weighted by molar-refractivity contribution is 5.83. The van der Waals surface area contributed by atoms with Crippen LogP contribution in [0.4, 0.5) is 5.95 Å². The molecule has 0 saturated heterocycles. The van der Waals surface area contributed by atoms with Gasteiger partial charge in [0.1, 0.15) is 6.33 Å². The van der Waals surface area contributed by atoms with Crippen LogP contribution in [0.5, 0.6) is 0 Å². The lowest BCUT2D eigenvalue weighted by Gasteiger charge is -2.45. The van der Waals surface area contributed by atoms with Gasteiger partial charge in [-0.1, -0.05) is 36.4 Å². The standard InChI is InChI=1S/C25H25N5O2/c1-25(2)10-12-29-23(32)14-21(20-9-11-26-16-27-20)28-24(29)30(25)15-22(31)19-8-7-17-5-3-4-6-18(17)13-19/h3-9,11,13-14,16,22,31H,10,12,15H2,1-2H3/t22-/m1/s1. The second-order valence-corrected chi connectivity index (χ2v) is 8.82. The Kier molecular flexibility index (Phi) is 4.98. The monoisotopic (exact) mass is 427 g/mol. The van der Waals surface area contributed by atoms with Crippen LogP contribution in [-0.4, -0.2) is 36.7 Å². The van der Waals surface area contributed by atoms with Crippen molar-refractivity contribution in [2.24, 2.45) is 0 Å². The first-order valence-corrected chi connectivity index (χ1v) is 10.7. The van der Waals surface area contributed by atoms with Crippen molar-refractivity contribution in [1.29, 1.82) is 0 Å². The molecule has 162 valence electrons. The summed E-state index contributed by atoms with van der Waals surface area (Å²) in [6.07, 6.45) is 3.12. The van der Waals surface area contributed by atoms with Crippen LogP contribution < -0.4 is 10.5 Å². The van der Waals surface area contributed by atoms with Crippen molar-refractivity contribution >= 4 is 16.7 Å². The molecule has 3 heterocycles. The molecule has 0 aliphatic carbocycles. The zero-order chi connectivity index (χ0) is 22.3. The molecule has 1 atom stereocenters. The van der Waals surface area contributed by atoms with Crippen LogP contribution in [0.15, 0.2) is 71.9 Å². The Morgan fingerprint density at radius 2 is 1.88 bits per heavy atom. The van der Waals surface area contributed by atoms with E-state index in [1.54, 1.807) is 16.8 Å². The number of fused-ring (bicyclic) bond motifs is 2. The molecule has 0 spiro atoms. The van der Waals surface area contributed by atoms with Crippen LogP contribution in [0.3, 0.4) is 0 Å². The van der Waals surface area contributed by atoms with Crippen molar-refractivity contribution in [3.8, 4) is 11.4 Å². The number of aliphatic hydroxyl groups is 1. The second kappa shape index (κ2) is 7.84. The Hall–Kier alpha value is -3.58. The average Bonchev–Trinajstić information content (AvgIpc) is 2.81. The fourth-order valence-electron chi connectivity index (χ4n) is 4.30. The van der Waals surface area contributed by atoms with E-state index in [9.17, 15) is 9.90 Å². The van der Waals surface area contributed by atoms with Gasteiger partial charge in [0.15, 0.2) is 0 Å². The summed E-state index contributed by atoms with van der Waals surface area (Å²) in [7, 11) is 0. The quantitative estimate of drug-likeness (QED) is 0.536. The van der Waals surface area contributed by atoms with Gasteiger partial charge in [-0.2, -0.15) is 0 Å². The summed E-state index contributed by atoms with van der Waals surface area (Å²) < 4.78 is 1.68. The van der Waals surface area contributed by atoms with Gasteiger partial charge in [-0.05, 0) is 48.7 Å². The third kappa shape index (κ3) is 3.65. The highest BCUT2D eigenvalue weighted by Crippen LogP contribution is 2.33. The lowest BCUT2D eigenvalue weighted by atomic mass is 9.94. The molecule has 2 aromatic carbocycles. The molecule has 0 radical (unpaired) electrons. The van der Waals surface area contributed by atoms with E-state index in [-0.39, 0.29) is 11.1 Å². The first kappa shape index (κ1) is 20.3. The summed E-state index contributed by atoms with van der Waals surface area (Å²) in [4.78, 5) is 28.0. The minimum absolute atomic E-state index is 0.121. The van der Waals surface area contributed by atoms with Crippen molar-refractivity contribution in [3.05, 3.63) is 83.0 Å². The average molecular weight is 428 g/mol. The Labute approximate surface area is 186 Å². The molecular formula is C25H25N5O2. The maximum absolute atomic E-state index is 12.9. The number of aliphatic hydroxyl groups excluding tert-OH is 1. The van der Waals surface area contributed by atoms with Gasteiger partial charge in [-0.15, -0.1) is 0 Å². The fraction of sp³-hybridized carbons (Fsp3) is 0.280. The number of nitrogens with zero attached hydrogens (tertiary/aromatic N) is 5. The van der Waals surface area contributed by atoms with Crippen LogP contribution in [0, 0.1) is 0 Å². The highest BCUT2D eigenvalue weighted by atomic mass is 16.3. The maximum Gasteiger partial charge on any atom is 0.255 e. The molecule has 1 aliphatic heterocycles. The lowest BCUT2D eigenvalue weighted by Crippen LogP contribution is -2.53. The molecule has 1 aliphatic rings. The number of aromatic nitrogens is 4. The Morgan fingerprint density at radius 3 is 2.66 bits per heavy atom. The van der Waals surface area contributed by atoms with E-state index in [1.165, 1.54) is 12.4 Å². The SMILES string of the molecule is CC1(C)CCn2c(nc(-c3ccncn3)cc2=O)N1C[C@@H](O)c1ccc2ccccc2c1. The van der Waals surface area contributed by atoms with Crippen molar-refractivity contribution in [1.82, 2.24) is 19.5 Å². The van der Waals surface area contributed by atoms with Crippen LogP contribution >= 0.6 is 0 Å². The molecule has 0 unspecified atom stereocenters. The van der Waals surface area contributed by atoms with Crippen molar-refractivity contribution < 1.29 is 5.11 Å². The van der Waals surface area contributed by atoms with Gasteiger partial charge in [-0.3, -0.25) is 9.36 Å². The Bertz CT molecular complexity index is 1330. The van der Waals surface area contributed by atoms with E-state index >= 15 is 0 Å². The van der Waals surface area contributed by atoms with Gasteiger partial charge in [0.05, 0.1) is 24.0 Å². The smallest absolute Gasteiger partial charge is 0.255 e. The highest BCUT2D eigenvalue weighted by Gasteiger charge is 2.36. The summed E-state index contributed by atoms with van der Waals surface area (Å²) in [5, 5.41) is 13.4. The Morgan fingerprint density at radius 1 is 1.06 bits per heavy atom. The van der Waals surface area contributed by atoms with Crippen molar-refractivity contribution in [3.63, 3.8) is 0 Å². The molecule has 7 nitrogen and oxygen atoms in total. The molecule has 4 aromatic rings. The molecule has 2 aromatic heterocycles. The summed E-state index contributed by atoms with van der Waals surface area (Å²) in [6, 6.07) is 17.4. The molecule has 1 N–H and O–H groups in total. The zero-order valence-electron chi connectivity index (χ0n) is 18.1. The third-order valence-corrected chi connectivity index (χ3v) is 6.27. The normalized spacial score (nSPS) is 16.0. The van der Waals surface area contributed by atoms with Crippen LogP contribution in [0.2, 0.25) is 0 Å². The first-order valence-electron chi connectivity index (χ1n) is 10.7. The first-order chi connectivity index (χ1) is 15.4. The summed E-state index contributed by atoms with van der Waals surface area (Å²) in [6.45, 7) is 5.14. The maximum atomic E-state index is 12.9. The lowest BCUT2D eigenvalue weighted by molar-refractivity contribution is 0.169. The molecule has 0 amide bonds. The Balaban J connectivity index is 1.54. The number of β-amino-alcohol motifs (C(OH)–C–C–N with tert-alkyl or cyclic N) is 1. The van der Waals surface area contributed by atoms with Crippen LogP contribution in [0.1, 0.15) is 31.9 Å². The number of anilines is 1.